The van der Waals surface area contributed by atoms with Crippen molar-refractivity contribution in [1.82, 2.24) is 10.6 Å². The number of aryl methyl sites for hydroxylation is 2. The third-order valence-electron chi connectivity index (χ3n) is 2.74. The molecule has 0 spiro atoms. The molecular weight excluding hydrogens is 200 g/mol. The molecule has 0 aliphatic carbocycles. The van der Waals surface area contributed by atoms with E-state index in [1.54, 1.807) is 7.05 Å². The van der Waals surface area contributed by atoms with Gasteiger partial charge < -0.3 is 10.6 Å². The molecule has 2 N–H and O–H groups in total. The molecule has 16 heavy (non-hydrogen) atoms. The number of carbonyl (C=O) groups excluding carboxylic acids is 1. The number of likely N-dealkylation sites (N-methyl/N-ethyl adjacent to an activating group) is 1. The molecular formula is C13H20N2O. The summed E-state index contributed by atoms with van der Waals surface area (Å²) >= 11 is 0. The minimum Gasteiger partial charge on any atom is -0.358 e. The maximum Gasteiger partial charge on any atom is 0.236 e. The third-order valence-corrected chi connectivity index (χ3v) is 2.74. The number of nitrogens with one attached hydrogen (secondary N) is 2. The lowest BCUT2D eigenvalue weighted by molar-refractivity contribution is -0.122. The predicted molar refractivity (Wildman–Crippen MR) is 66.3 cm³/mol. The van der Waals surface area contributed by atoms with Gasteiger partial charge in [0, 0.05) is 13.6 Å². The molecule has 0 unspecified atom stereocenters. The Morgan fingerprint density at radius 1 is 1.38 bits per heavy atom. The van der Waals surface area contributed by atoms with E-state index in [-0.39, 0.29) is 11.9 Å². The van der Waals surface area contributed by atoms with E-state index in [0.717, 1.165) is 6.54 Å². The monoisotopic (exact) mass is 220 g/mol. The molecule has 1 aromatic rings. The van der Waals surface area contributed by atoms with E-state index in [4.69, 9.17) is 0 Å². The van der Waals surface area contributed by atoms with Gasteiger partial charge in [0.2, 0.25) is 5.91 Å². The lowest BCUT2D eigenvalue weighted by Crippen LogP contribution is -2.40. The summed E-state index contributed by atoms with van der Waals surface area (Å²) in [6.07, 6.45) is 0. The Balaban J connectivity index is 2.58. The van der Waals surface area contributed by atoms with Gasteiger partial charge in [0.1, 0.15) is 0 Å². The first-order valence-electron chi connectivity index (χ1n) is 5.55. The highest BCUT2D eigenvalue weighted by Gasteiger charge is 2.09. The Bertz CT molecular complexity index is 374. The normalized spacial score (nSPS) is 12.2. The quantitative estimate of drug-likeness (QED) is 0.808. The Kier molecular flexibility index (Phi) is 4.50. The van der Waals surface area contributed by atoms with Crippen molar-refractivity contribution in [3.05, 3.63) is 34.9 Å². The van der Waals surface area contributed by atoms with Crippen molar-refractivity contribution in [3.63, 3.8) is 0 Å². The Hall–Kier alpha value is -1.35. The Labute approximate surface area is 97.2 Å². The van der Waals surface area contributed by atoms with Crippen LogP contribution in [-0.2, 0) is 11.3 Å². The number of benzene rings is 1. The van der Waals surface area contributed by atoms with Crippen LogP contribution in [0.4, 0.5) is 0 Å². The van der Waals surface area contributed by atoms with Crippen LogP contribution in [0.15, 0.2) is 18.2 Å². The molecule has 0 radical (unpaired) electrons. The Morgan fingerprint density at radius 2 is 2.06 bits per heavy atom. The van der Waals surface area contributed by atoms with Gasteiger partial charge in [-0.15, -0.1) is 0 Å². The molecule has 0 bridgehead atoms. The van der Waals surface area contributed by atoms with Gasteiger partial charge in [-0.25, -0.2) is 0 Å². The van der Waals surface area contributed by atoms with Crippen LogP contribution in [0.1, 0.15) is 23.6 Å². The molecule has 1 rings (SSSR count). The van der Waals surface area contributed by atoms with Crippen molar-refractivity contribution in [1.29, 1.82) is 0 Å². The van der Waals surface area contributed by atoms with Crippen molar-refractivity contribution in [2.45, 2.75) is 33.4 Å². The summed E-state index contributed by atoms with van der Waals surface area (Å²) in [5.41, 5.74) is 3.76. The van der Waals surface area contributed by atoms with Gasteiger partial charge in [0.25, 0.3) is 0 Å². The molecule has 1 aromatic carbocycles. The molecule has 0 aliphatic heterocycles. The van der Waals surface area contributed by atoms with Crippen LogP contribution < -0.4 is 10.6 Å². The van der Waals surface area contributed by atoms with Gasteiger partial charge in [-0.2, -0.15) is 0 Å². The minimum absolute atomic E-state index is 0.0183. The molecule has 0 saturated carbocycles. The SMILES string of the molecule is CNC(=O)[C@@H](C)NCc1ccc(C)cc1C. The second kappa shape index (κ2) is 5.66. The molecule has 0 heterocycles. The van der Waals surface area contributed by atoms with Gasteiger partial charge in [-0.3, -0.25) is 4.79 Å². The van der Waals surface area contributed by atoms with Gasteiger partial charge in [0.15, 0.2) is 0 Å². The first kappa shape index (κ1) is 12.7. The van der Waals surface area contributed by atoms with Crippen molar-refractivity contribution in [2.75, 3.05) is 7.05 Å². The molecule has 0 saturated heterocycles. The maximum absolute atomic E-state index is 11.3. The van der Waals surface area contributed by atoms with Crippen molar-refractivity contribution >= 4 is 5.91 Å². The zero-order chi connectivity index (χ0) is 12.1. The highest BCUT2D eigenvalue weighted by atomic mass is 16.2. The summed E-state index contributed by atoms with van der Waals surface area (Å²) < 4.78 is 0. The predicted octanol–water partition coefficient (Wildman–Crippen LogP) is 1.53. The number of carbonyl (C=O) groups is 1. The van der Waals surface area contributed by atoms with Crippen LogP contribution in [0.2, 0.25) is 0 Å². The first-order valence-corrected chi connectivity index (χ1v) is 5.55. The second-order valence-electron chi connectivity index (χ2n) is 4.15. The average Bonchev–Trinajstić information content (AvgIpc) is 2.26. The van der Waals surface area contributed by atoms with Crippen LogP contribution in [0, 0.1) is 13.8 Å². The van der Waals surface area contributed by atoms with E-state index >= 15 is 0 Å². The van der Waals surface area contributed by atoms with E-state index in [1.165, 1.54) is 16.7 Å². The summed E-state index contributed by atoms with van der Waals surface area (Å²) in [4.78, 5) is 11.3. The van der Waals surface area contributed by atoms with Crippen LogP contribution in [0.3, 0.4) is 0 Å². The molecule has 3 nitrogen and oxygen atoms in total. The lowest BCUT2D eigenvalue weighted by atomic mass is 10.1. The molecule has 3 heteroatoms. The standard InChI is InChI=1S/C13H20N2O/c1-9-5-6-12(10(2)7-9)8-15-11(3)13(16)14-4/h5-7,11,15H,8H2,1-4H3,(H,14,16)/t11-/m1/s1. The highest BCUT2D eigenvalue weighted by Crippen LogP contribution is 2.10. The zero-order valence-electron chi connectivity index (χ0n) is 10.4. The van der Waals surface area contributed by atoms with E-state index < -0.39 is 0 Å². The fraction of sp³-hybridized carbons (Fsp3) is 0.462. The largest absolute Gasteiger partial charge is 0.358 e. The molecule has 0 aromatic heterocycles. The number of amides is 1. The molecule has 0 aliphatic rings. The third kappa shape index (κ3) is 3.35. The first-order chi connectivity index (χ1) is 7.54. The van der Waals surface area contributed by atoms with Gasteiger partial charge in [0.05, 0.1) is 6.04 Å². The highest BCUT2D eigenvalue weighted by molar-refractivity contribution is 5.80. The summed E-state index contributed by atoms with van der Waals surface area (Å²) in [7, 11) is 1.65. The Morgan fingerprint density at radius 3 is 2.62 bits per heavy atom. The summed E-state index contributed by atoms with van der Waals surface area (Å²) in [5, 5.41) is 5.82. The molecule has 1 amide bonds. The zero-order valence-corrected chi connectivity index (χ0v) is 10.4. The van der Waals surface area contributed by atoms with Crippen LogP contribution >= 0.6 is 0 Å². The smallest absolute Gasteiger partial charge is 0.236 e. The molecule has 88 valence electrons. The van der Waals surface area contributed by atoms with Crippen molar-refractivity contribution in [2.24, 2.45) is 0 Å². The summed E-state index contributed by atoms with van der Waals surface area (Å²) in [6.45, 7) is 6.76. The van der Waals surface area contributed by atoms with E-state index in [1.807, 2.05) is 6.92 Å². The number of hydrogen-bond donors (Lipinski definition) is 2. The van der Waals surface area contributed by atoms with Crippen LogP contribution in [0.25, 0.3) is 0 Å². The minimum atomic E-state index is -0.161. The number of hydrogen-bond acceptors (Lipinski definition) is 2. The fourth-order valence-electron chi connectivity index (χ4n) is 1.62. The molecule has 0 fully saturated rings. The second-order valence-corrected chi connectivity index (χ2v) is 4.15. The van der Waals surface area contributed by atoms with Gasteiger partial charge in [-0.1, -0.05) is 23.8 Å². The van der Waals surface area contributed by atoms with E-state index in [0.29, 0.717) is 0 Å². The summed E-state index contributed by atoms with van der Waals surface area (Å²) in [6, 6.07) is 6.19. The van der Waals surface area contributed by atoms with Gasteiger partial charge >= 0.3 is 0 Å². The average molecular weight is 220 g/mol. The maximum atomic E-state index is 11.3. The van der Waals surface area contributed by atoms with Crippen molar-refractivity contribution < 1.29 is 4.79 Å². The number of rotatable bonds is 4. The van der Waals surface area contributed by atoms with Gasteiger partial charge in [-0.05, 0) is 31.9 Å². The van der Waals surface area contributed by atoms with Crippen LogP contribution in [-0.4, -0.2) is 19.0 Å². The fourth-order valence-corrected chi connectivity index (χ4v) is 1.62. The van der Waals surface area contributed by atoms with E-state index in [9.17, 15) is 4.79 Å². The molecule has 1 atom stereocenters. The van der Waals surface area contributed by atoms with Crippen molar-refractivity contribution in [3.8, 4) is 0 Å². The summed E-state index contributed by atoms with van der Waals surface area (Å²) in [5.74, 6) is 0.0183. The topological polar surface area (TPSA) is 41.1 Å². The van der Waals surface area contributed by atoms with E-state index in [2.05, 4.69) is 42.7 Å². The lowest BCUT2D eigenvalue weighted by Gasteiger charge is -2.13. The van der Waals surface area contributed by atoms with Crippen LogP contribution in [0.5, 0.6) is 0 Å².